The number of hydrogen-bond acceptors (Lipinski definition) is 7. The van der Waals surface area contributed by atoms with Crippen molar-refractivity contribution in [2.24, 2.45) is 5.92 Å². The first kappa shape index (κ1) is 23.9. The number of Topliss-reactive ketones (excluding diaryl/α,β-unsaturated/α-hetero) is 2. The second-order valence-corrected chi connectivity index (χ2v) is 8.60. The van der Waals surface area contributed by atoms with Gasteiger partial charge in [0.25, 0.3) is 0 Å². The predicted octanol–water partition coefficient (Wildman–Crippen LogP) is 1.55. The van der Waals surface area contributed by atoms with Crippen molar-refractivity contribution in [3.8, 4) is 0 Å². The van der Waals surface area contributed by atoms with Gasteiger partial charge in [-0.3, -0.25) is 9.59 Å². The van der Waals surface area contributed by atoms with E-state index in [4.69, 9.17) is 9.47 Å². The lowest BCUT2D eigenvalue weighted by Gasteiger charge is -2.43. The van der Waals surface area contributed by atoms with Gasteiger partial charge >= 0.3 is 0 Å². The number of aliphatic hydroxyl groups excluding tert-OH is 3. The lowest BCUT2D eigenvalue weighted by molar-refractivity contribution is -0.204. The third kappa shape index (κ3) is 5.35. The average molecular weight is 442 g/mol. The number of benzene rings is 1. The maximum absolute atomic E-state index is 13.4. The molecule has 2 saturated heterocycles. The van der Waals surface area contributed by atoms with Crippen LogP contribution < -0.4 is 0 Å². The third-order valence-corrected chi connectivity index (χ3v) is 6.25. The Balaban J connectivity index is 1.70. The summed E-state index contributed by atoms with van der Waals surface area (Å²) >= 11 is 0. The molecule has 0 aromatic heterocycles. The maximum atomic E-state index is 13.4. The van der Waals surface area contributed by atoms with E-state index in [9.17, 15) is 33.7 Å². The fourth-order valence-electron chi connectivity index (χ4n) is 4.13. The summed E-state index contributed by atoms with van der Waals surface area (Å²) in [4.78, 5) is 25.0. The van der Waals surface area contributed by atoms with Gasteiger partial charge in [-0.1, -0.05) is 6.92 Å². The molecule has 2 heterocycles. The third-order valence-electron chi connectivity index (χ3n) is 6.25. The zero-order chi connectivity index (χ0) is 22.9. The van der Waals surface area contributed by atoms with E-state index in [2.05, 4.69) is 0 Å². The number of halogens is 2. The molecule has 0 aliphatic carbocycles. The van der Waals surface area contributed by atoms with Crippen LogP contribution in [0.1, 0.15) is 49.9 Å². The molecule has 0 saturated carbocycles. The number of rotatable bonds is 9. The minimum Gasteiger partial charge on any atom is -0.393 e. The highest BCUT2D eigenvalue weighted by Gasteiger charge is 2.55. The van der Waals surface area contributed by atoms with Crippen LogP contribution >= 0.6 is 0 Å². The summed E-state index contributed by atoms with van der Waals surface area (Å²) < 4.78 is 37.9. The predicted molar refractivity (Wildman–Crippen MR) is 104 cm³/mol. The first-order valence-corrected chi connectivity index (χ1v) is 10.4. The lowest BCUT2D eigenvalue weighted by Crippen LogP contribution is -2.57. The molecule has 3 N–H and O–H groups in total. The summed E-state index contributed by atoms with van der Waals surface area (Å²) in [7, 11) is 0. The summed E-state index contributed by atoms with van der Waals surface area (Å²) in [5, 5.41) is 30.6. The van der Waals surface area contributed by atoms with Crippen molar-refractivity contribution < 1.29 is 43.2 Å². The minimum atomic E-state index is -1.44. The number of aliphatic hydroxyl groups is 3. The summed E-state index contributed by atoms with van der Waals surface area (Å²) in [5.74, 6) is -3.71. The molecule has 1 aromatic carbocycles. The molecule has 0 radical (unpaired) electrons. The Kier molecular flexibility index (Phi) is 7.22. The Bertz CT molecular complexity index is 830. The van der Waals surface area contributed by atoms with Gasteiger partial charge in [-0.05, 0) is 31.5 Å². The largest absolute Gasteiger partial charge is 0.393 e. The average Bonchev–Trinajstić information content (AvgIpc) is 3.45. The van der Waals surface area contributed by atoms with E-state index in [0.717, 1.165) is 18.2 Å². The minimum absolute atomic E-state index is 0.109. The fourth-order valence-corrected chi connectivity index (χ4v) is 4.13. The molecule has 2 unspecified atom stereocenters. The monoisotopic (exact) mass is 442 g/mol. The molecule has 7 nitrogen and oxygen atoms in total. The Labute approximate surface area is 179 Å². The number of ketones is 2. The molecule has 3 rings (SSSR count). The van der Waals surface area contributed by atoms with E-state index in [0.29, 0.717) is 0 Å². The molecule has 1 aromatic rings. The van der Waals surface area contributed by atoms with Gasteiger partial charge < -0.3 is 24.8 Å². The summed E-state index contributed by atoms with van der Waals surface area (Å²) in [6.45, 7) is 3.58. The van der Waals surface area contributed by atoms with E-state index in [1.54, 1.807) is 6.92 Å². The SMILES string of the molecule is C[C@H]([C@@H]1O[C@H]1C[C@@]1(CC(=O)CC(=O)c2ccc(F)c(F)c2)OCCC(O)C1O)[C@H](C)O. The standard InChI is InChI=1S/C22H28F2O7/c1-11(12(2)25)20-19(31-20)10-22(21(29)17(27)5-6-30-22)9-14(26)8-18(28)13-3-4-15(23)16(24)7-13/h3-4,7,11-12,17,19-21,25,27,29H,5-6,8-10H2,1-2H3/t11-,12-,17?,19-,20-,21?,22+/m0/s1. The Morgan fingerprint density at radius 3 is 2.58 bits per heavy atom. The number of epoxide rings is 1. The molecule has 7 atom stereocenters. The number of ether oxygens (including phenoxy) is 2. The van der Waals surface area contributed by atoms with Gasteiger partial charge in [-0.15, -0.1) is 0 Å². The molecule has 9 heteroatoms. The Morgan fingerprint density at radius 1 is 1.23 bits per heavy atom. The first-order valence-electron chi connectivity index (χ1n) is 10.4. The van der Waals surface area contributed by atoms with E-state index < -0.39 is 53.5 Å². The molecule has 2 aliphatic heterocycles. The van der Waals surface area contributed by atoms with Crippen molar-refractivity contribution in [1.82, 2.24) is 0 Å². The topological polar surface area (TPSA) is 117 Å². The lowest BCUT2D eigenvalue weighted by atomic mass is 9.79. The van der Waals surface area contributed by atoms with Gasteiger partial charge in [0.2, 0.25) is 0 Å². The van der Waals surface area contributed by atoms with Gasteiger partial charge in [0.1, 0.15) is 17.5 Å². The molecule has 0 amide bonds. The smallest absolute Gasteiger partial charge is 0.170 e. The number of hydrogen-bond donors (Lipinski definition) is 3. The summed E-state index contributed by atoms with van der Waals surface area (Å²) in [5.41, 5.74) is -1.58. The second-order valence-electron chi connectivity index (χ2n) is 8.60. The van der Waals surface area contributed by atoms with E-state index in [1.165, 1.54) is 0 Å². The van der Waals surface area contributed by atoms with Crippen molar-refractivity contribution in [3.63, 3.8) is 0 Å². The molecular formula is C22H28F2O7. The van der Waals surface area contributed by atoms with Crippen LogP contribution in [-0.2, 0) is 14.3 Å². The highest BCUT2D eigenvalue weighted by molar-refractivity contribution is 6.08. The van der Waals surface area contributed by atoms with Crippen molar-refractivity contribution in [2.45, 2.75) is 75.7 Å². The first-order chi connectivity index (χ1) is 14.5. The van der Waals surface area contributed by atoms with Gasteiger partial charge in [-0.25, -0.2) is 8.78 Å². The van der Waals surface area contributed by atoms with E-state index in [1.807, 2.05) is 6.92 Å². The zero-order valence-corrected chi connectivity index (χ0v) is 17.5. The van der Waals surface area contributed by atoms with Crippen LogP contribution in [0.25, 0.3) is 0 Å². The number of carbonyl (C=O) groups is 2. The van der Waals surface area contributed by atoms with E-state index >= 15 is 0 Å². The normalized spacial score (nSPS) is 32.4. The van der Waals surface area contributed by atoms with Gasteiger partial charge in [0, 0.05) is 24.3 Å². The molecule has 2 aliphatic rings. The highest BCUT2D eigenvalue weighted by Crippen LogP contribution is 2.42. The number of carbonyl (C=O) groups excluding carboxylic acids is 2. The highest BCUT2D eigenvalue weighted by atomic mass is 19.2. The molecular weight excluding hydrogens is 414 g/mol. The van der Waals surface area contributed by atoms with Gasteiger partial charge in [-0.2, -0.15) is 0 Å². The van der Waals surface area contributed by atoms with Crippen LogP contribution in [0, 0.1) is 17.6 Å². The molecule has 172 valence electrons. The Hall–Kier alpha value is -1.78. The van der Waals surface area contributed by atoms with Gasteiger partial charge in [0.15, 0.2) is 17.4 Å². The quantitative estimate of drug-likeness (QED) is 0.302. The second kappa shape index (κ2) is 9.38. The molecule has 31 heavy (non-hydrogen) atoms. The van der Waals surface area contributed by atoms with Crippen molar-refractivity contribution in [3.05, 3.63) is 35.4 Å². The van der Waals surface area contributed by atoms with Crippen molar-refractivity contribution >= 4 is 11.6 Å². The van der Waals surface area contributed by atoms with Gasteiger partial charge in [0.05, 0.1) is 37.4 Å². The molecule has 0 bridgehead atoms. The van der Waals surface area contributed by atoms with E-state index in [-0.39, 0.29) is 49.6 Å². The van der Waals surface area contributed by atoms with Crippen LogP contribution in [0.15, 0.2) is 18.2 Å². The van der Waals surface area contributed by atoms with Crippen LogP contribution in [-0.4, -0.2) is 69.6 Å². The molecule has 0 spiro atoms. The Morgan fingerprint density at radius 2 is 1.94 bits per heavy atom. The summed E-state index contributed by atoms with van der Waals surface area (Å²) in [6, 6.07) is 2.64. The van der Waals surface area contributed by atoms with Crippen LogP contribution in [0.5, 0.6) is 0 Å². The summed E-state index contributed by atoms with van der Waals surface area (Å²) in [6.07, 6.45) is -4.35. The van der Waals surface area contributed by atoms with Crippen LogP contribution in [0.4, 0.5) is 8.78 Å². The maximum Gasteiger partial charge on any atom is 0.170 e. The van der Waals surface area contributed by atoms with Crippen molar-refractivity contribution in [1.29, 1.82) is 0 Å². The fraction of sp³-hybridized carbons (Fsp3) is 0.636. The van der Waals surface area contributed by atoms with Crippen molar-refractivity contribution in [2.75, 3.05) is 6.61 Å². The zero-order valence-electron chi connectivity index (χ0n) is 17.5. The van der Waals surface area contributed by atoms with Crippen LogP contribution in [0.3, 0.4) is 0 Å². The van der Waals surface area contributed by atoms with Crippen LogP contribution in [0.2, 0.25) is 0 Å². The molecule has 2 fully saturated rings.